The Hall–Kier alpha value is -3.31. The maximum absolute atomic E-state index is 12.8. The molecule has 0 aliphatic rings. The summed E-state index contributed by atoms with van der Waals surface area (Å²) in [4.78, 5) is 17.9. The van der Waals surface area contributed by atoms with Gasteiger partial charge in [-0.15, -0.1) is 10.2 Å². The van der Waals surface area contributed by atoms with Crippen LogP contribution in [0.25, 0.3) is 11.5 Å². The van der Waals surface area contributed by atoms with Gasteiger partial charge in [0.1, 0.15) is 12.1 Å². The average Bonchev–Trinajstić information content (AvgIpc) is 3.27. The molecule has 0 fully saturated rings. The van der Waals surface area contributed by atoms with E-state index >= 15 is 0 Å². The number of hydrogen-bond donors (Lipinski definition) is 2. The van der Waals surface area contributed by atoms with Gasteiger partial charge in [-0.3, -0.25) is 4.90 Å². The van der Waals surface area contributed by atoms with Gasteiger partial charge in [0.15, 0.2) is 5.54 Å². The number of carbonyl (C=O) groups excluding carboxylic acids is 1. The lowest BCUT2D eigenvalue weighted by Gasteiger charge is -2.30. The predicted octanol–water partition coefficient (Wildman–Crippen LogP) is 3.46. The SMILES string of the molecule is CNCCN(C)C(C)(C=O)c1nnc(-c2cccnc2Nc2ccc(C(F)(F)F)cc2)o1. The van der Waals surface area contributed by atoms with Crippen LogP contribution in [0, 0.1) is 0 Å². The van der Waals surface area contributed by atoms with Crippen LogP contribution in [-0.2, 0) is 16.5 Å². The summed E-state index contributed by atoms with van der Waals surface area (Å²) in [6.07, 6.45) is -2.15. The fourth-order valence-electron chi connectivity index (χ4n) is 2.91. The Morgan fingerprint density at radius 3 is 2.50 bits per heavy atom. The van der Waals surface area contributed by atoms with Crippen LogP contribution in [0.2, 0.25) is 0 Å². The zero-order chi connectivity index (χ0) is 23.4. The van der Waals surface area contributed by atoms with Gasteiger partial charge in [0, 0.05) is 25.0 Å². The third kappa shape index (κ3) is 4.94. The van der Waals surface area contributed by atoms with E-state index in [1.54, 1.807) is 31.0 Å². The molecule has 0 saturated carbocycles. The molecule has 170 valence electrons. The summed E-state index contributed by atoms with van der Waals surface area (Å²) in [5.74, 6) is 0.557. The lowest BCUT2D eigenvalue weighted by Crippen LogP contribution is -2.45. The molecule has 0 radical (unpaired) electrons. The Labute approximate surface area is 182 Å². The molecular weight excluding hydrogens is 425 g/mol. The number of anilines is 2. The Morgan fingerprint density at radius 1 is 1.16 bits per heavy atom. The van der Waals surface area contributed by atoms with Crippen molar-refractivity contribution in [2.75, 3.05) is 32.5 Å². The van der Waals surface area contributed by atoms with E-state index in [4.69, 9.17) is 4.42 Å². The molecule has 8 nitrogen and oxygen atoms in total. The van der Waals surface area contributed by atoms with Gasteiger partial charge in [-0.05, 0) is 57.4 Å². The normalized spacial score (nSPS) is 13.7. The van der Waals surface area contributed by atoms with Crippen LogP contribution in [0.3, 0.4) is 0 Å². The Bertz CT molecular complexity index is 1050. The summed E-state index contributed by atoms with van der Waals surface area (Å²) in [7, 11) is 3.59. The molecule has 32 heavy (non-hydrogen) atoms. The number of hydrogen-bond acceptors (Lipinski definition) is 8. The molecule has 1 atom stereocenters. The van der Waals surface area contributed by atoms with Crippen molar-refractivity contribution in [1.29, 1.82) is 0 Å². The van der Waals surface area contributed by atoms with E-state index in [9.17, 15) is 18.0 Å². The number of rotatable bonds is 9. The number of nitrogens with one attached hydrogen (secondary N) is 2. The first kappa shape index (κ1) is 23.4. The maximum Gasteiger partial charge on any atom is 0.416 e. The molecule has 3 aromatic rings. The Balaban J connectivity index is 1.88. The number of carbonyl (C=O) groups is 1. The topological polar surface area (TPSA) is 96.2 Å². The molecule has 2 heterocycles. The fraction of sp³-hybridized carbons (Fsp3) is 0.333. The first-order valence-corrected chi connectivity index (χ1v) is 9.75. The fourth-order valence-corrected chi connectivity index (χ4v) is 2.91. The number of benzene rings is 1. The summed E-state index contributed by atoms with van der Waals surface area (Å²) in [6.45, 7) is 2.90. The van der Waals surface area contributed by atoms with Gasteiger partial charge in [-0.25, -0.2) is 4.98 Å². The van der Waals surface area contributed by atoms with Crippen molar-refractivity contribution in [3.63, 3.8) is 0 Å². The van der Waals surface area contributed by atoms with Gasteiger partial charge in [0.05, 0.1) is 11.1 Å². The smallest absolute Gasteiger partial charge is 0.416 e. The van der Waals surface area contributed by atoms with Crippen molar-refractivity contribution in [2.45, 2.75) is 18.6 Å². The molecular formula is C21H23F3N6O2. The standard InChI is InChI=1S/C21H23F3N6O2/c1-20(13-31,30(3)12-11-25-2)19-29-28-18(32-19)16-5-4-10-26-17(16)27-15-8-6-14(7-9-15)21(22,23)24/h4-10,13,25H,11-12H2,1-3H3,(H,26,27). The number of likely N-dealkylation sites (N-methyl/N-ethyl adjacent to an activating group) is 2. The van der Waals surface area contributed by atoms with Gasteiger partial charge in [0.25, 0.3) is 5.89 Å². The first-order valence-electron chi connectivity index (χ1n) is 9.75. The van der Waals surface area contributed by atoms with Gasteiger partial charge in [0.2, 0.25) is 5.89 Å². The molecule has 0 amide bonds. The van der Waals surface area contributed by atoms with Gasteiger partial charge >= 0.3 is 6.18 Å². The summed E-state index contributed by atoms with van der Waals surface area (Å²) in [5.41, 5.74) is -1.04. The minimum absolute atomic E-state index is 0.116. The van der Waals surface area contributed by atoms with Crippen LogP contribution in [0.4, 0.5) is 24.7 Å². The number of halogens is 3. The van der Waals surface area contributed by atoms with E-state index in [1.807, 2.05) is 7.05 Å². The predicted molar refractivity (Wildman–Crippen MR) is 112 cm³/mol. The molecule has 0 aliphatic heterocycles. The van der Waals surface area contributed by atoms with Crippen molar-refractivity contribution >= 4 is 17.8 Å². The maximum atomic E-state index is 12.8. The Kier molecular flexibility index (Phi) is 6.90. The zero-order valence-corrected chi connectivity index (χ0v) is 17.8. The van der Waals surface area contributed by atoms with E-state index in [0.29, 0.717) is 30.2 Å². The summed E-state index contributed by atoms with van der Waals surface area (Å²) in [5, 5.41) is 14.1. The molecule has 11 heteroatoms. The van der Waals surface area contributed by atoms with Gasteiger partial charge in [-0.2, -0.15) is 13.2 Å². The largest absolute Gasteiger partial charge is 0.418 e. The van der Waals surface area contributed by atoms with Crippen LogP contribution in [0.15, 0.2) is 47.0 Å². The average molecular weight is 448 g/mol. The number of pyridine rings is 1. The molecule has 0 spiro atoms. The highest BCUT2D eigenvalue weighted by atomic mass is 19.4. The van der Waals surface area contributed by atoms with Crippen LogP contribution in [0.5, 0.6) is 0 Å². The zero-order valence-electron chi connectivity index (χ0n) is 17.8. The van der Waals surface area contributed by atoms with E-state index < -0.39 is 17.3 Å². The highest BCUT2D eigenvalue weighted by Gasteiger charge is 2.37. The lowest BCUT2D eigenvalue weighted by atomic mass is 10.0. The second kappa shape index (κ2) is 9.45. The molecule has 1 aromatic carbocycles. The number of nitrogens with zero attached hydrogens (tertiary/aromatic N) is 4. The summed E-state index contributed by atoms with van der Waals surface area (Å²) in [6, 6.07) is 7.91. The summed E-state index contributed by atoms with van der Waals surface area (Å²) >= 11 is 0. The minimum atomic E-state index is -4.42. The number of alkyl halides is 3. The van der Waals surface area contributed by atoms with Crippen LogP contribution in [-0.4, -0.2) is 53.6 Å². The highest BCUT2D eigenvalue weighted by molar-refractivity contribution is 5.73. The second-order valence-corrected chi connectivity index (χ2v) is 7.30. The number of aromatic nitrogens is 3. The second-order valence-electron chi connectivity index (χ2n) is 7.30. The van der Waals surface area contributed by atoms with E-state index in [-0.39, 0.29) is 11.8 Å². The highest BCUT2D eigenvalue weighted by Crippen LogP contribution is 2.33. The van der Waals surface area contributed by atoms with E-state index in [0.717, 1.165) is 18.4 Å². The molecule has 3 rings (SSSR count). The van der Waals surface area contributed by atoms with Crippen molar-refractivity contribution in [2.24, 2.45) is 0 Å². The molecule has 1 unspecified atom stereocenters. The minimum Gasteiger partial charge on any atom is -0.418 e. The molecule has 2 aromatic heterocycles. The van der Waals surface area contributed by atoms with Crippen molar-refractivity contribution < 1.29 is 22.4 Å². The molecule has 0 saturated heterocycles. The van der Waals surface area contributed by atoms with Crippen molar-refractivity contribution in [1.82, 2.24) is 25.4 Å². The molecule has 0 bridgehead atoms. The van der Waals surface area contributed by atoms with Gasteiger partial charge < -0.3 is 19.8 Å². The van der Waals surface area contributed by atoms with Crippen molar-refractivity contribution in [3.05, 3.63) is 54.0 Å². The van der Waals surface area contributed by atoms with Crippen LogP contribution < -0.4 is 10.6 Å². The third-order valence-corrected chi connectivity index (χ3v) is 5.09. The third-order valence-electron chi connectivity index (χ3n) is 5.09. The van der Waals surface area contributed by atoms with Gasteiger partial charge in [-0.1, -0.05) is 0 Å². The monoisotopic (exact) mass is 448 g/mol. The molecule has 2 N–H and O–H groups in total. The van der Waals surface area contributed by atoms with Crippen LogP contribution >= 0.6 is 0 Å². The first-order chi connectivity index (χ1) is 15.2. The summed E-state index contributed by atoms with van der Waals surface area (Å²) < 4.78 is 44.2. The number of aldehydes is 1. The van der Waals surface area contributed by atoms with Crippen molar-refractivity contribution in [3.8, 4) is 11.5 Å². The lowest BCUT2D eigenvalue weighted by molar-refractivity contribution is -0.137. The van der Waals surface area contributed by atoms with E-state index in [1.165, 1.54) is 18.3 Å². The van der Waals surface area contributed by atoms with E-state index in [2.05, 4.69) is 25.8 Å². The van der Waals surface area contributed by atoms with Crippen LogP contribution in [0.1, 0.15) is 18.4 Å². The molecule has 0 aliphatic carbocycles. The quantitative estimate of drug-likeness (QED) is 0.481. The Morgan fingerprint density at radius 2 is 1.88 bits per heavy atom.